The van der Waals surface area contributed by atoms with E-state index < -0.39 is 0 Å². The van der Waals surface area contributed by atoms with Gasteiger partial charge in [-0.25, -0.2) is 4.98 Å². The lowest BCUT2D eigenvalue weighted by molar-refractivity contribution is -0.116. The number of carbonyl (C=O) groups is 1. The molecule has 1 N–H and O–H groups in total. The highest BCUT2D eigenvalue weighted by molar-refractivity contribution is 5.92. The van der Waals surface area contributed by atoms with E-state index in [1.165, 1.54) is 10.9 Å². The molecular formula is C19H19N3O2. The second-order valence-electron chi connectivity index (χ2n) is 5.96. The Kier molecular flexibility index (Phi) is 4.16. The van der Waals surface area contributed by atoms with Gasteiger partial charge in [0.2, 0.25) is 5.91 Å². The Balaban J connectivity index is 1.89. The molecule has 0 unspecified atom stereocenters. The van der Waals surface area contributed by atoms with Gasteiger partial charge in [0, 0.05) is 5.69 Å². The van der Waals surface area contributed by atoms with Crippen LogP contribution < -0.4 is 10.9 Å². The molecule has 0 aliphatic heterocycles. The third-order valence-electron chi connectivity index (χ3n) is 4.11. The predicted molar refractivity (Wildman–Crippen MR) is 95.3 cm³/mol. The summed E-state index contributed by atoms with van der Waals surface area (Å²) in [4.78, 5) is 29.2. The lowest BCUT2D eigenvalue weighted by atomic mass is 10.1. The van der Waals surface area contributed by atoms with Crippen LogP contribution in [0.2, 0.25) is 0 Å². The molecule has 0 atom stereocenters. The molecular weight excluding hydrogens is 302 g/mol. The number of aromatic nitrogens is 2. The van der Waals surface area contributed by atoms with Gasteiger partial charge in [-0.3, -0.25) is 14.2 Å². The molecule has 0 saturated heterocycles. The van der Waals surface area contributed by atoms with Crippen molar-refractivity contribution in [2.24, 2.45) is 0 Å². The van der Waals surface area contributed by atoms with Crippen LogP contribution in [-0.2, 0) is 11.3 Å². The van der Waals surface area contributed by atoms with Gasteiger partial charge in [0.05, 0.1) is 17.2 Å². The molecule has 1 heterocycles. The standard InChI is InChI=1S/C19H19N3O2/c1-12-6-4-7-13(2)17(12)21-16(23)10-22-11-20-18-14(3)8-5-9-15(18)19(22)24/h4-9,11H,10H2,1-3H3,(H,21,23). The van der Waals surface area contributed by atoms with E-state index in [1.807, 2.05) is 51.1 Å². The second kappa shape index (κ2) is 6.28. The van der Waals surface area contributed by atoms with Crippen molar-refractivity contribution in [2.45, 2.75) is 27.3 Å². The van der Waals surface area contributed by atoms with Gasteiger partial charge in [0.25, 0.3) is 5.56 Å². The maximum absolute atomic E-state index is 12.5. The smallest absolute Gasteiger partial charge is 0.261 e. The normalized spacial score (nSPS) is 10.8. The molecule has 3 aromatic rings. The van der Waals surface area contributed by atoms with Gasteiger partial charge in [0.1, 0.15) is 6.54 Å². The topological polar surface area (TPSA) is 64.0 Å². The maximum atomic E-state index is 12.5. The minimum absolute atomic E-state index is 0.0660. The number of aryl methyl sites for hydroxylation is 3. The zero-order valence-electron chi connectivity index (χ0n) is 14.0. The van der Waals surface area contributed by atoms with Crippen LogP contribution in [0.3, 0.4) is 0 Å². The Hall–Kier alpha value is -2.95. The summed E-state index contributed by atoms with van der Waals surface area (Å²) in [7, 11) is 0. The van der Waals surface area contributed by atoms with Crippen molar-refractivity contribution in [3.63, 3.8) is 0 Å². The van der Waals surface area contributed by atoms with Gasteiger partial charge in [-0.2, -0.15) is 0 Å². The quantitative estimate of drug-likeness (QED) is 0.806. The minimum Gasteiger partial charge on any atom is -0.324 e. The molecule has 0 aliphatic carbocycles. The molecule has 5 nitrogen and oxygen atoms in total. The van der Waals surface area contributed by atoms with Gasteiger partial charge in [-0.15, -0.1) is 0 Å². The number of hydrogen-bond acceptors (Lipinski definition) is 3. The summed E-state index contributed by atoms with van der Waals surface area (Å²) in [5, 5.41) is 3.41. The molecule has 2 aromatic carbocycles. The molecule has 24 heavy (non-hydrogen) atoms. The Morgan fingerprint density at radius 3 is 2.38 bits per heavy atom. The Bertz CT molecular complexity index is 969. The molecule has 0 saturated carbocycles. The zero-order valence-corrected chi connectivity index (χ0v) is 14.0. The third-order valence-corrected chi connectivity index (χ3v) is 4.11. The summed E-state index contributed by atoms with van der Waals surface area (Å²) in [5.41, 5.74) is 4.18. The number of benzene rings is 2. The number of hydrogen-bond donors (Lipinski definition) is 1. The van der Waals surface area contributed by atoms with Crippen LogP contribution in [0.25, 0.3) is 10.9 Å². The number of nitrogens with one attached hydrogen (secondary N) is 1. The van der Waals surface area contributed by atoms with Crippen molar-refractivity contribution in [3.05, 3.63) is 69.8 Å². The van der Waals surface area contributed by atoms with Gasteiger partial charge in [-0.1, -0.05) is 30.3 Å². The largest absolute Gasteiger partial charge is 0.324 e. The van der Waals surface area contributed by atoms with E-state index in [0.717, 1.165) is 22.4 Å². The van der Waals surface area contributed by atoms with Crippen LogP contribution in [-0.4, -0.2) is 15.5 Å². The summed E-state index contributed by atoms with van der Waals surface area (Å²) < 4.78 is 1.34. The van der Waals surface area contributed by atoms with Crippen molar-refractivity contribution in [3.8, 4) is 0 Å². The number of rotatable bonds is 3. The van der Waals surface area contributed by atoms with Crippen LogP contribution in [0.15, 0.2) is 47.5 Å². The van der Waals surface area contributed by atoms with E-state index >= 15 is 0 Å². The van der Waals surface area contributed by atoms with E-state index in [2.05, 4.69) is 10.3 Å². The minimum atomic E-state index is -0.247. The number of fused-ring (bicyclic) bond motifs is 1. The van der Waals surface area contributed by atoms with Gasteiger partial charge in [0.15, 0.2) is 0 Å². The maximum Gasteiger partial charge on any atom is 0.261 e. The molecule has 122 valence electrons. The summed E-state index contributed by atoms with van der Waals surface area (Å²) in [6.45, 7) is 5.72. The number of anilines is 1. The predicted octanol–water partition coefficient (Wildman–Crippen LogP) is 2.96. The van der Waals surface area contributed by atoms with E-state index in [0.29, 0.717) is 10.9 Å². The molecule has 1 amide bonds. The van der Waals surface area contributed by atoms with Crippen molar-refractivity contribution < 1.29 is 4.79 Å². The lowest BCUT2D eigenvalue weighted by Gasteiger charge is -2.12. The first-order chi connectivity index (χ1) is 11.5. The molecule has 0 fully saturated rings. The van der Waals surface area contributed by atoms with E-state index in [1.54, 1.807) is 6.07 Å². The van der Waals surface area contributed by atoms with E-state index in [4.69, 9.17) is 0 Å². The Labute approximate surface area is 140 Å². The lowest BCUT2D eigenvalue weighted by Crippen LogP contribution is -2.28. The Morgan fingerprint density at radius 1 is 1.04 bits per heavy atom. The van der Waals surface area contributed by atoms with Crippen molar-refractivity contribution in [1.29, 1.82) is 0 Å². The van der Waals surface area contributed by atoms with Crippen molar-refractivity contribution >= 4 is 22.5 Å². The van der Waals surface area contributed by atoms with Gasteiger partial charge >= 0.3 is 0 Å². The first-order valence-electron chi connectivity index (χ1n) is 7.78. The molecule has 5 heteroatoms. The summed E-state index contributed by atoms with van der Waals surface area (Å²) >= 11 is 0. The third kappa shape index (κ3) is 2.93. The Morgan fingerprint density at radius 2 is 1.67 bits per heavy atom. The summed E-state index contributed by atoms with van der Waals surface area (Å²) in [5.74, 6) is -0.247. The zero-order chi connectivity index (χ0) is 17.3. The van der Waals surface area contributed by atoms with Crippen LogP contribution in [0.5, 0.6) is 0 Å². The fourth-order valence-corrected chi connectivity index (χ4v) is 2.80. The molecule has 0 radical (unpaired) electrons. The van der Waals surface area contributed by atoms with Gasteiger partial charge in [-0.05, 0) is 43.5 Å². The van der Waals surface area contributed by atoms with Crippen LogP contribution >= 0.6 is 0 Å². The molecule has 1 aromatic heterocycles. The molecule has 0 bridgehead atoms. The fraction of sp³-hybridized carbons (Fsp3) is 0.211. The molecule has 3 rings (SSSR count). The monoisotopic (exact) mass is 321 g/mol. The van der Waals surface area contributed by atoms with E-state index in [9.17, 15) is 9.59 Å². The van der Waals surface area contributed by atoms with Crippen molar-refractivity contribution in [2.75, 3.05) is 5.32 Å². The summed E-state index contributed by atoms with van der Waals surface area (Å²) in [6, 6.07) is 11.3. The van der Waals surface area contributed by atoms with Crippen LogP contribution in [0.4, 0.5) is 5.69 Å². The average Bonchev–Trinajstić information content (AvgIpc) is 2.54. The number of nitrogens with zero attached hydrogens (tertiary/aromatic N) is 2. The number of amides is 1. The fourth-order valence-electron chi connectivity index (χ4n) is 2.80. The highest BCUT2D eigenvalue weighted by atomic mass is 16.2. The molecule has 0 aliphatic rings. The second-order valence-corrected chi connectivity index (χ2v) is 5.96. The van der Waals surface area contributed by atoms with Crippen molar-refractivity contribution in [1.82, 2.24) is 9.55 Å². The average molecular weight is 321 g/mol. The first-order valence-corrected chi connectivity index (χ1v) is 7.78. The van der Waals surface area contributed by atoms with E-state index in [-0.39, 0.29) is 18.0 Å². The van der Waals surface area contributed by atoms with Crippen LogP contribution in [0.1, 0.15) is 16.7 Å². The summed E-state index contributed by atoms with van der Waals surface area (Å²) in [6.07, 6.45) is 1.43. The van der Waals surface area contributed by atoms with Crippen LogP contribution in [0, 0.1) is 20.8 Å². The van der Waals surface area contributed by atoms with Gasteiger partial charge < -0.3 is 5.32 Å². The highest BCUT2D eigenvalue weighted by Crippen LogP contribution is 2.19. The first kappa shape index (κ1) is 15.9. The SMILES string of the molecule is Cc1cccc(C)c1NC(=O)Cn1cnc2c(C)cccc2c1=O. The molecule has 0 spiro atoms. The number of para-hydroxylation sites is 2. The number of carbonyl (C=O) groups excluding carboxylic acids is 1. The highest BCUT2D eigenvalue weighted by Gasteiger charge is 2.11.